The second kappa shape index (κ2) is 4.92. The smallest absolute Gasteiger partial charge is 0.194 e. The van der Waals surface area contributed by atoms with Gasteiger partial charge in [0.05, 0.1) is 0 Å². The van der Waals surface area contributed by atoms with Gasteiger partial charge in [0.1, 0.15) is 0 Å². The quantitative estimate of drug-likeness (QED) is 0.275. The van der Waals surface area contributed by atoms with E-state index in [-0.39, 0.29) is 0 Å². The molecule has 0 saturated carbocycles. The summed E-state index contributed by atoms with van der Waals surface area (Å²) in [5.41, 5.74) is 16.0. The van der Waals surface area contributed by atoms with Crippen molar-refractivity contribution in [3.05, 3.63) is 0 Å². The van der Waals surface area contributed by atoms with E-state index in [9.17, 15) is 0 Å². The Morgan fingerprint density at radius 1 is 1.36 bits per heavy atom. The monoisotopic (exact) mass is 159 g/mol. The molecule has 0 radical (unpaired) electrons. The maximum Gasteiger partial charge on any atom is 0.194 e. The minimum atomic E-state index is -0.712. The molecule has 6 N–H and O–H groups in total. The van der Waals surface area contributed by atoms with Crippen LogP contribution in [0.5, 0.6) is 0 Å². The average molecular weight is 159 g/mol. The molecule has 0 bridgehead atoms. The highest BCUT2D eigenvalue weighted by Crippen LogP contribution is 1.86. The molecule has 0 unspecified atom stereocenters. The largest absolute Gasteiger partial charge is 0.370 e. The molecule has 5 nitrogen and oxygen atoms in total. The minimum Gasteiger partial charge on any atom is -0.370 e. The van der Waals surface area contributed by atoms with Crippen LogP contribution in [-0.2, 0) is 0 Å². The van der Waals surface area contributed by atoms with E-state index >= 15 is 0 Å². The van der Waals surface area contributed by atoms with Crippen molar-refractivity contribution in [2.24, 2.45) is 22.2 Å². The lowest BCUT2D eigenvalue weighted by atomic mass is 10.5. The molecule has 0 aliphatic heterocycles. The first-order valence-corrected chi connectivity index (χ1v) is 3.71. The second-order valence-electron chi connectivity index (χ2n) is 2.15. The van der Waals surface area contributed by atoms with Crippen LogP contribution in [0.3, 0.4) is 0 Å². The highest BCUT2D eigenvalue weighted by Gasteiger charge is 2.01. The Morgan fingerprint density at radius 2 is 1.82 bits per heavy atom. The van der Waals surface area contributed by atoms with Crippen molar-refractivity contribution in [2.75, 3.05) is 13.1 Å². The predicted molar refractivity (Wildman–Crippen MR) is 46.7 cm³/mol. The van der Waals surface area contributed by atoms with E-state index in [0.29, 0.717) is 5.96 Å². The van der Waals surface area contributed by atoms with Gasteiger partial charge >= 0.3 is 0 Å². The van der Waals surface area contributed by atoms with Gasteiger partial charge in [-0.05, 0) is 13.8 Å². The first-order chi connectivity index (χ1) is 5.11. The standard InChI is InChI=1S/C6H17N5/c1-3-11(4-2)6(9)10-5(7)8/h5H,3-4,7-8H2,1-2H3,(H2,9,10). The fourth-order valence-corrected chi connectivity index (χ4v) is 0.782. The number of nitrogens with zero attached hydrogens (tertiary/aromatic N) is 2. The van der Waals surface area contributed by atoms with Crippen molar-refractivity contribution >= 4 is 5.96 Å². The van der Waals surface area contributed by atoms with Crippen LogP contribution in [0.25, 0.3) is 0 Å². The van der Waals surface area contributed by atoms with Crippen LogP contribution in [0.1, 0.15) is 13.8 Å². The van der Waals surface area contributed by atoms with Crippen LogP contribution in [0.4, 0.5) is 0 Å². The summed E-state index contributed by atoms with van der Waals surface area (Å²) in [6.45, 7) is 5.62. The van der Waals surface area contributed by atoms with Gasteiger partial charge in [-0.25, -0.2) is 4.99 Å². The molecule has 0 spiro atoms. The van der Waals surface area contributed by atoms with E-state index in [0.717, 1.165) is 13.1 Å². The van der Waals surface area contributed by atoms with Gasteiger partial charge < -0.3 is 10.6 Å². The molecule has 0 rings (SSSR count). The number of hydrogen-bond donors (Lipinski definition) is 3. The van der Waals surface area contributed by atoms with Gasteiger partial charge in [-0.1, -0.05) is 0 Å². The molecule has 0 aromatic heterocycles. The molecule has 0 aromatic carbocycles. The Labute approximate surface area is 67.2 Å². The van der Waals surface area contributed by atoms with Gasteiger partial charge in [0.2, 0.25) is 0 Å². The van der Waals surface area contributed by atoms with Crippen LogP contribution in [0.2, 0.25) is 0 Å². The molecular weight excluding hydrogens is 142 g/mol. The van der Waals surface area contributed by atoms with Gasteiger partial charge in [0, 0.05) is 13.1 Å². The number of guanidine groups is 1. The van der Waals surface area contributed by atoms with Crippen molar-refractivity contribution < 1.29 is 0 Å². The van der Waals surface area contributed by atoms with Gasteiger partial charge in [0.15, 0.2) is 12.2 Å². The van der Waals surface area contributed by atoms with Crippen LogP contribution < -0.4 is 17.2 Å². The SMILES string of the molecule is CCN(CC)/C(N)=N/C(N)N. The molecular formula is C6H17N5. The van der Waals surface area contributed by atoms with Gasteiger partial charge in [0.25, 0.3) is 0 Å². The summed E-state index contributed by atoms with van der Waals surface area (Å²) in [5.74, 6) is 0.407. The molecule has 0 aliphatic carbocycles. The van der Waals surface area contributed by atoms with Crippen LogP contribution in [-0.4, -0.2) is 30.2 Å². The van der Waals surface area contributed by atoms with E-state index in [2.05, 4.69) is 4.99 Å². The van der Waals surface area contributed by atoms with Crippen LogP contribution in [0.15, 0.2) is 4.99 Å². The van der Waals surface area contributed by atoms with Gasteiger partial charge in [-0.2, -0.15) is 0 Å². The number of nitrogens with two attached hydrogens (primary N) is 3. The van der Waals surface area contributed by atoms with E-state index in [4.69, 9.17) is 17.2 Å². The summed E-state index contributed by atoms with van der Waals surface area (Å²) in [7, 11) is 0. The summed E-state index contributed by atoms with van der Waals surface area (Å²) < 4.78 is 0. The molecule has 0 aromatic rings. The van der Waals surface area contributed by atoms with Crippen molar-refractivity contribution in [1.82, 2.24) is 4.90 Å². The minimum absolute atomic E-state index is 0.407. The normalized spacial score (nSPS) is 12.3. The van der Waals surface area contributed by atoms with E-state index in [1.165, 1.54) is 0 Å². The fraction of sp³-hybridized carbons (Fsp3) is 0.833. The maximum absolute atomic E-state index is 5.56. The third-order valence-electron chi connectivity index (χ3n) is 1.37. The zero-order valence-corrected chi connectivity index (χ0v) is 7.12. The molecule has 66 valence electrons. The first-order valence-electron chi connectivity index (χ1n) is 3.71. The molecule has 11 heavy (non-hydrogen) atoms. The Hall–Kier alpha value is -0.810. The number of hydrogen-bond acceptors (Lipinski definition) is 3. The summed E-state index contributed by atoms with van der Waals surface area (Å²) in [5, 5.41) is 0. The van der Waals surface area contributed by atoms with Crippen molar-refractivity contribution in [1.29, 1.82) is 0 Å². The second-order valence-corrected chi connectivity index (χ2v) is 2.15. The Balaban J connectivity index is 4.07. The third-order valence-corrected chi connectivity index (χ3v) is 1.37. The average Bonchev–Trinajstić information content (AvgIpc) is 1.88. The van der Waals surface area contributed by atoms with E-state index in [1.54, 1.807) is 0 Å². The summed E-state index contributed by atoms with van der Waals surface area (Å²) in [6, 6.07) is 0. The molecule has 0 atom stereocenters. The maximum atomic E-state index is 5.56. The highest BCUT2D eigenvalue weighted by atomic mass is 15.3. The molecule has 0 amide bonds. The molecule has 0 fully saturated rings. The molecule has 0 heterocycles. The summed E-state index contributed by atoms with van der Waals surface area (Å²) >= 11 is 0. The van der Waals surface area contributed by atoms with Gasteiger partial charge in [-0.15, -0.1) is 0 Å². The first kappa shape index (κ1) is 10.2. The predicted octanol–water partition coefficient (Wildman–Crippen LogP) is -1.16. The molecule has 0 saturated heterocycles. The Bertz CT molecular complexity index is 127. The zero-order chi connectivity index (χ0) is 8.85. The Morgan fingerprint density at radius 3 is 2.09 bits per heavy atom. The van der Waals surface area contributed by atoms with Crippen LogP contribution in [0, 0.1) is 0 Å². The molecule has 5 heteroatoms. The lowest BCUT2D eigenvalue weighted by Crippen LogP contribution is -2.41. The lowest BCUT2D eigenvalue weighted by Gasteiger charge is -2.19. The zero-order valence-electron chi connectivity index (χ0n) is 7.12. The number of aliphatic imine (C=N–C) groups is 1. The van der Waals surface area contributed by atoms with Crippen molar-refractivity contribution in [3.8, 4) is 0 Å². The molecule has 0 aliphatic rings. The van der Waals surface area contributed by atoms with Crippen LogP contribution >= 0.6 is 0 Å². The van der Waals surface area contributed by atoms with Crippen molar-refractivity contribution in [3.63, 3.8) is 0 Å². The van der Waals surface area contributed by atoms with E-state index < -0.39 is 6.29 Å². The number of rotatable bonds is 3. The van der Waals surface area contributed by atoms with Gasteiger partial charge in [-0.3, -0.25) is 11.5 Å². The van der Waals surface area contributed by atoms with Crippen molar-refractivity contribution in [2.45, 2.75) is 20.1 Å². The Kier molecular flexibility index (Phi) is 4.56. The summed E-state index contributed by atoms with van der Waals surface area (Å²) in [4.78, 5) is 5.68. The lowest BCUT2D eigenvalue weighted by molar-refractivity contribution is 0.455. The topological polar surface area (TPSA) is 93.7 Å². The summed E-state index contributed by atoms with van der Waals surface area (Å²) in [6.07, 6.45) is -0.712. The fourth-order valence-electron chi connectivity index (χ4n) is 0.782. The van der Waals surface area contributed by atoms with E-state index in [1.807, 2.05) is 18.7 Å². The highest BCUT2D eigenvalue weighted by molar-refractivity contribution is 5.78. The third kappa shape index (κ3) is 3.79.